The molecule has 1 aliphatic rings. The number of thiocarbonyl (C=S) groups is 1. The second kappa shape index (κ2) is 18.1. The van der Waals surface area contributed by atoms with Gasteiger partial charge in [-0.15, -0.1) is 0 Å². The normalized spacial score (nSPS) is 14.4. The number of ether oxygens (including phenoxy) is 1. The summed E-state index contributed by atoms with van der Waals surface area (Å²) in [5.41, 5.74) is 1.09. The molecule has 0 amide bonds. The van der Waals surface area contributed by atoms with Crippen LogP contribution in [0.2, 0.25) is 0 Å². The van der Waals surface area contributed by atoms with Crippen LogP contribution >= 0.6 is 12.2 Å². The zero-order valence-electron chi connectivity index (χ0n) is 20.8. The predicted molar refractivity (Wildman–Crippen MR) is 141 cm³/mol. The summed E-state index contributed by atoms with van der Waals surface area (Å²) in [6, 6.07) is 6.77. The van der Waals surface area contributed by atoms with Crippen LogP contribution in [0.3, 0.4) is 0 Å². The predicted octanol–water partition coefficient (Wildman–Crippen LogP) is 6.15. The van der Waals surface area contributed by atoms with Crippen molar-refractivity contribution < 1.29 is 9.13 Å². The van der Waals surface area contributed by atoms with E-state index >= 15 is 0 Å². The van der Waals surface area contributed by atoms with Crippen LogP contribution in [-0.4, -0.2) is 60.8 Å². The summed E-state index contributed by atoms with van der Waals surface area (Å²) in [7, 11) is 0. The van der Waals surface area contributed by atoms with E-state index in [0.29, 0.717) is 6.54 Å². The van der Waals surface area contributed by atoms with Crippen molar-refractivity contribution in [3.05, 3.63) is 35.6 Å². The van der Waals surface area contributed by atoms with E-state index in [1.54, 1.807) is 0 Å². The van der Waals surface area contributed by atoms with E-state index in [1.807, 2.05) is 12.1 Å². The molecule has 33 heavy (non-hydrogen) atoms. The topological polar surface area (TPSA) is 27.7 Å². The lowest BCUT2D eigenvalue weighted by atomic mass is 10.1. The molecule has 1 N–H and O–H groups in total. The Labute approximate surface area is 207 Å². The number of nitrogens with one attached hydrogen (secondary N) is 1. The molecule has 1 aromatic carbocycles. The van der Waals surface area contributed by atoms with Gasteiger partial charge in [-0.05, 0) is 42.8 Å². The molecule has 188 valence electrons. The number of benzene rings is 1. The van der Waals surface area contributed by atoms with Crippen LogP contribution in [0.5, 0.6) is 0 Å². The monoisotopic (exact) mass is 479 g/mol. The minimum absolute atomic E-state index is 0.195. The molecule has 0 atom stereocenters. The number of halogens is 1. The maximum Gasteiger partial charge on any atom is 0.169 e. The number of rotatable bonds is 17. The van der Waals surface area contributed by atoms with Gasteiger partial charge in [-0.1, -0.05) is 76.8 Å². The molecule has 1 aliphatic heterocycles. The Kier molecular flexibility index (Phi) is 15.4. The summed E-state index contributed by atoms with van der Waals surface area (Å²) in [5.74, 6) is -0.195. The fourth-order valence-corrected chi connectivity index (χ4v) is 4.55. The first-order valence-corrected chi connectivity index (χ1v) is 13.7. The molecule has 0 radical (unpaired) electrons. The van der Waals surface area contributed by atoms with Crippen LogP contribution in [0.1, 0.15) is 83.1 Å². The molecule has 1 saturated heterocycles. The van der Waals surface area contributed by atoms with Gasteiger partial charge in [-0.2, -0.15) is 0 Å². The van der Waals surface area contributed by atoms with Gasteiger partial charge >= 0.3 is 0 Å². The smallest absolute Gasteiger partial charge is 0.169 e. The third-order valence-corrected chi connectivity index (χ3v) is 6.79. The summed E-state index contributed by atoms with van der Waals surface area (Å²) in [6.45, 7) is 9.57. The van der Waals surface area contributed by atoms with Crippen LogP contribution in [0.15, 0.2) is 24.3 Å². The molecule has 2 rings (SSSR count). The van der Waals surface area contributed by atoms with Gasteiger partial charge in [-0.25, -0.2) is 4.39 Å². The molecule has 1 heterocycles. The van der Waals surface area contributed by atoms with Crippen LogP contribution < -0.4 is 5.32 Å². The fourth-order valence-electron chi connectivity index (χ4n) is 4.29. The zero-order valence-corrected chi connectivity index (χ0v) is 21.6. The van der Waals surface area contributed by atoms with Gasteiger partial charge in [0.2, 0.25) is 0 Å². The number of morpholine rings is 1. The molecule has 0 saturated carbocycles. The van der Waals surface area contributed by atoms with E-state index in [0.717, 1.165) is 69.5 Å². The van der Waals surface area contributed by atoms with Crippen LogP contribution in [0.25, 0.3) is 0 Å². The summed E-state index contributed by atoms with van der Waals surface area (Å²) >= 11 is 5.75. The average Bonchev–Trinajstić information content (AvgIpc) is 2.83. The highest BCUT2D eigenvalue weighted by molar-refractivity contribution is 7.80. The molecule has 0 aromatic heterocycles. The lowest BCUT2D eigenvalue weighted by Crippen LogP contribution is -2.42. The Hall–Kier alpha value is -1.24. The second-order valence-electron chi connectivity index (χ2n) is 9.27. The van der Waals surface area contributed by atoms with Gasteiger partial charge in [0.05, 0.1) is 13.2 Å². The Morgan fingerprint density at radius 1 is 0.939 bits per heavy atom. The molecule has 1 aromatic rings. The van der Waals surface area contributed by atoms with Crippen molar-refractivity contribution in [1.82, 2.24) is 15.1 Å². The number of unbranched alkanes of at least 4 members (excludes halogenated alkanes) is 9. The second-order valence-corrected chi connectivity index (χ2v) is 9.66. The molecule has 1 fully saturated rings. The van der Waals surface area contributed by atoms with Crippen molar-refractivity contribution in [2.75, 3.05) is 45.9 Å². The number of hydrogen-bond donors (Lipinski definition) is 1. The first kappa shape index (κ1) is 28.0. The van der Waals surface area contributed by atoms with Crippen molar-refractivity contribution in [1.29, 1.82) is 0 Å². The molecule has 0 bridgehead atoms. The third-order valence-electron chi connectivity index (χ3n) is 6.39. The molecule has 0 spiro atoms. The Balaban J connectivity index is 1.65. The quantitative estimate of drug-likeness (QED) is 0.214. The van der Waals surface area contributed by atoms with E-state index in [4.69, 9.17) is 17.0 Å². The Morgan fingerprint density at radius 3 is 2.18 bits per heavy atom. The summed E-state index contributed by atoms with van der Waals surface area (Å²) < 4.78 is 18.8. The van der Waals surface area contributed by atoms with Gasteiger partial charge in [0, 0.05) is 39.3 Å². The minimum atomic E-state index is -0.195. The van der Waals surface area contributed by atoms with Gasteiger partial charge < -0.3 is 15.0 Å². The van der Waals surface area contributed by atoms with E-state index in [2.05, 4.69) is 22.0 Å². The van der Waals surface area contributed by atoms with E-state index in [-0.39, 0.29) is 5.82 Å². The van der Waals surface area contributed by atoms with Crippen molar-refractivity contribution in [2.24, 2.45) is 0 Å². The largest absolute Gasteiger partial charge is 0.379 e. The van der Waals surface area contributed by atoms with Crippen LogP contribution in [-0.2, 0) is 11.3 Å². The lowest BCUT2D eigenvalue weighted by Gasteiger charge is -2.29. The highest BCUT2D eigenvalue weighted by atomic mass is 32.1. The van der Waals surface area contributed by atoms with Crippen LogP contribution in [0, 0.1) is 5.82 Å². The van der Waals surface area contributed by atoms with Gasteiger partial charge in [0.25, 0.3) is 0 Å². The third kappa shape index (κ3) is 13.3. The first-order valence-electron chi connectivity index (χ1n) is 13.3. The first-order chi connectivity index (χ1) is 16.2. The molecule has 6 heteroatoms. The molecule has 0 unspecified atom stereocenters. The van der Waals surface area contributed by atoms with E-state index in [9.17, 15) is 4.39 Å². The van der Waals surface area contributed by atoms with Gasteiger partial charge in [-0.3, -0.25) is 4.90 Å². The number of hydrogen-bond acceptors (Lipinski definition) is 3. The van der Waals surface area contributed by atoms with Crippen molar-refractivity contribution in [3.63, 3.8) is 0 Å². The highest BCUT2D eigenvalue weighted by Gasteiger charge is 2.13. The molecule has 4 nitrogen and oxygen atoms in total. The molecular weight excluding hydrogens is 433 g/mol. The maximum absolute atomic E-state index is 13.3. The van der Waals surface area contributed by atoms with Crippen molar-refractivity contribution in [3.8, 4) is 0 Å². The van der Waals surface area contributed by atoms with Crippen molar-refractivity contribution in [2.45, 2.75) is 84.1 Å². The summed E-state index contributed by atoms with van der Waals surface area (Å²) in [5, 5.41) is 4.29. The Bertz CT molecular complexity index is 622. The SMILES string of the molecule is CCCCCCCCCCCCNC(=S)N(CCCN1CCOCC1)Cc1ccc(F)cc1. The summed E-state index contributed by atoms with van der Waals surface area (Å²) in [4.78, 5) is 4.69. The highest BCUT2D eigenvalue weighted by Crippen LogP contribution is 2.11. The Morgan fingerprint density at radius 2 is 1.55 bits per heavy atom. The van der Waals surface area contributed by atoms with E-state index < -0.39 is 0 Å². The maximum atomic E-state index is 13.3. The van der Waals surface area contributed by atoms with Crippen LogP contribution in [0.4, 0.5) is 4.39 Å². The fraction of sp³-hybridized carbons (Fsp3) is 0.741. The number of nitrogens with zero attached hydrogens (tertiary/aromatic N) is 2. The van der Waals surface area contributed by atoms with Gasteiger partial charge in [0.15, 0.2) is 5.11 Å². The molecule has 0 aliphatic carbocycles. The zero-order chi connectivity index (χ0) is 23.6. The lowest BCUT2D eigenvalue weighted by molar-refractivity contribution is 0.0367. The average molecular weight is 480 g/mol. The van der Waals surface area contributed by atoms with Crippen molar-refractivity contribution >= 4 is 17.3 Å². The molecular formula is C27H46FN3OS. The minimum Gasteiger partial charge on any atom is -0.379 e. The summed E-state index contributed by atoms with van der Waals surface area (Å²) in [6.07, 6.45) is 14.4. The standard InChI is InChI=1S/C27H46FN3OS/c1-2-3-4-5-6-7-8-9-10-11-17-29-27(33)31(24-25-13-15-26(28)16-14-25)19-12-18-30-20-22-32-23-21-30/h13-16H,2-12,17-24H2,1H3,(H,29,33). The van der Waals surface area contributed by atoms with E-state index in [1.165, 1.54) is 69.9 Å². The van der Waals surface area contributed by atoms with Gasteiger partial charge in [0.1, 0.15) is 5.82 Å².